The number of amides is 1. The highest BCUT2D eigenvalue weighted by Crippen LogP contribution is 2.38. The molecule has 1 unspecified atom stereocenters. The molecule has 2 fully saturated rings. The lowest BCUT2D eigenvalue weighted by molar-refractivity contribution is -0.145. The maximum absolute atomic E-state index is 12.8. The van der Waals surface area contributed by atoms with Crippen molar-refractivity contribution in [3.05, 3.63) is 0 Å². The molecular formula is C14H26N2O. The average Bonchev–Trinajstić information content (AvgIpc) is 2.76. The molecule has 0 radical (unpaired) electrons. The molecule has 98 valence electrons. The van der Waals surface area contributed by atoms with Gasteiger partial charge in [0.1, 0.15) is 0 Å². The highest BCUT2D eigenvalue weighted by Gasteiger charge is 2.43. The highest BCUT2D eigenvalue weighted by molar-refractivity contribution is 5.83. The summed E-state index contributed by atoms with van der Waals surface area (Å²) in [6, 6.07) is 0.464. The first kappa shape index (κ1) is 12.9. The Morgan fingerprint density at radius 2 is 2.12 bits per heavy atom. The third-order valence-corrected chi connectivity index (χ3v) is 4.56. The number of hydrogen-bond donors (Lipinski definition) is 1. The van der Waals surface area contributed by atoms with E-state index >= 15 is 0 Å². The van der Waals surface area contributed by atoms with Crippen LogP contribution in [0.2, 0.25) is 0 Å². The molecule has 1 amide bonds. The Bertz CT molecular complexity index is 266. The van der Waals surface area contributed by atoms with E-state index in [1.54, 1.807) is 0 Å². The number of carbonyl (C=O) groups excluding carboxylic acids is 1. The Morgan fingerprint density at radius 3 is 2.65 bits per heavy atom. The maximum atomic E-state index is 12.8. The van der Waals surface area contributed by atoms with Crippen molar-refractivity contribution in [2.45, 2.75) is 58.4 Å². The van der Waals surface area contributed by atoms with Gasteiger partial charge in [0.05, 0.1) is 5.41 Å². The zero-order valence-corrected chi connectivity index (χ0v) is 11.3. The van der Waals surface area contributed by atoms with Gasteiger partial charge >= 0.3 is 0 Å². The molecule has 2 saturated heterocycles. The van der Waals surface area contributed by atoms with Gasteiger partial charge in [-0.1, -0.05) is 13.3 Å². The normalized spacial score (nSPS) is 28.4. The Labute approximate surface area is 105 Å². The molecule has 0 spiro atoms. The quantitative estimate of drug-likeness (QED) is 0.817. The molecule has 2 aliphatic rings. The predicted molar refractivity (Wildman–Crippen MR) is 69.9 cm³/mol. The molecule has 0 aromatic carbocycles. The van der Waals surface area contributed by atoms with E-state index in [-0.39, 0.29) is 5.41 Å². The van der Waals surface area contributed by atoms with Crippen LogP contribution in [0.3, 0.4) is 0 Å². The first-order valence-corrected chi connectivity index (χ1v) is 7.21. The molecule has 3 nitrogen and oxygen atoms in total. The molecule has 0 aromatic rings. The number of carbonyl (C=O) groups is 1. The third kappa shape index (κ3) is 2.49. The molecule has 2 rings (SSSR count). The second-order valence-electron chi connectivity index (χ2n) is 5.77. The van der Waals surface area contributed by atoms with E-state index in [4.69, 9.17) is 0 Å². The van der Waals surface area contributed by atoms with Crippen LogP contribution in [0.4, 0.5) is 0 Å². The summed E-state index contributed by atoms with van der Waals surface area (Å²) in [5, 5.41) is 3.38. The SMILES string of the molecule is CCCC1(C(=O)N2CCCC2C)CCNCC1. The molecule has 0 bridgehead atoms. The van der Waals surface area contributed by atoms with Crippen molar-refractivity contribution < 1.29 is 4.79 Å². The maximum Gasteiger partial charge on any atom is 0.229 e. The lowest BCUT2D eigenvalue weighted by Gasteiger charge is -2.40. The monoisotopic (exact) mass is 238 g/mol. The van der Waals surface area contributed by atoms with Gasteiger partial charge in [-0.15, -0.1) is 0 Å². The van der Waals surface area contributed by atoms with Crippen LogP contribution in [-0.4, -0.2) is 36.5 Å². The third-order valence-electron chi connectivity index (χ3n) is 4.56. The number of nitrogens with one attached hydrogen (secondary N) is 1. The van der Waals surface area contributed by atoms with E-state index in [1.165, 1.54) is 12.8 Å². The van der Waals surface area contributed by atoms with Crippen LogP contribution in [0.15, 0.2) is 0 Å². The summed E-state index contributed by atoms with van der Waals surface area (Å²) in [6.45, 7) is 7.40. The Balaban J connectivity index is 2.11. The van der Waals surface area contributed by atoms with E-state index in [0.29, 0.717) is 11.9 Å². The number of nitrogens with zero attached hydrogens (tertiary/aromatic N) is 1. The number of hydrogen-bond acceptors (Lipinski definition) is 2. The van der Waals surface area contributed by atoms with Gasteiger partial charge in [0.25, 0.3) is 0 Å². The van der Waals surface area contributed by atoms with E-state index in [0.717, 1.165) is 45.3 Å². The first-order valence-electron chi connectivity index (χ1n) is 7.21. The van der Waals surface area contributed by atoms with Gasteiger partial charge in [0.2, 0.25) is 5.91 Å². The smallest absolute Gasteiger partial charge is 0.229 e. The van der Waals surface area contributed by atoms with Crippen LogP contribution in [0.1, 0.15) is 52.4 Å². The summed E-state index contributed by atoms with van der Waals surface area (Å²) in [4.78, 5) is 15.0. The van der Waals surface area contributed by atoms with Crippen molar-refractivity contribution in [1.29, 1.82) is 0 Å². The molecule has 3 heteroatoms. The Hall–Kier alpha value is -0.570. The predicted octanol–water partition coefficient (Wildman–Crippen LogP) is 2.17. The molecule has 2 aliphatic heterocycles. The second-order valence-corrected chi connectivity index (χ2v) is 5.77. The van der Waals surface area contributed by atoms with Gasteiger partial charge in [0.15, 0.2) is 0 Å². The minimum Gasteiger partial charge on any atom is -0.340 e. The standard InChI is InChI=1S/C14H26N2O/c1-3-6-14(7-9-15-10-8-14)13(17)16-11-4-5-12(16)2/h12,15H,3-11H2,1-2H3. The zero-order chi connectivity index (χ0) is 12.3. The molecule has 0 saturated carbocycles. The minimum atomic E-state index is -0.0431. The summed E-state index contributed by atoms with van der Waals surface area (Å²) in [5.41, 5.74) is -0.0431. The summed E-state index contributed by atoms with van der Waals surface area (Å²) < 4.78 is 0. The summed E-state index contributed by atoms with van der Waals surface area (Å²) >= 11 is 0. The molecule has 2 heterocycles. The topological polar surface area (TPSA) is 32.3 Å². The van der Waals surface area contributed by atoms with Gasteiger partial charge < -0.3 is 10.2 Å². The lowest BCUT2D eigenvalue weighted by atomic mass is 9.74. The van der Waals surface area contributed by atoms with Gasteiger partial charge in [-0.3, -0.25) is 4.79 Å². The van der Waals surface area contributed by atoms with Crippen molar-refractivity contribution in [3.63, 3.8) is 0 Å². The lowest BCUT2D eigenvalue weighted by Crippen LogP contribution is -2.50. The number of likely N-dealkylation sites (tertiary alicyclic amines) is 1. The summed E-state index contributed by atoms with van der Waals surface area (Å²) in [5.74, 6) is 0.450. The van der Waals surface area contributed by atoms with E-state index in [9.17, 15) is 4.79 Å². The first-order chi connectivity index (χ1) is 8.19. The second kappa shape index (κ2) is 5.38. The van der Waals surface area contributed by atoms with Crippen LogP contribution < -0.4 is 5.32 Å². The Morgan fingerprint density at radius 1 is 1.41 bits per heavy atom. The molecule has 1 atom stereocenters. The molecule has 17 heavy (non-hydrogen) atoms. The van der Waals surface area contributed by atoms with Crippen LogP contribution in [-0.2, 0) is 4.79 Å². The fourth-order valence-corrected chi connectivity index (χ4v) is 3.49. The largest absolute Gasteiger partial charge is 0.340 e. The minimum absolute atomic E-state index is 0.0431. The van der Waals surface area contributed by atoms with Crippen LogP contribution >= 0.6 is 0 Å². The van der Waals surface area contributed by atoms with Gasteiger partial charge in [-0.25, -0.2) is 0 Å². The van der Waals surface area contributed by atoms with Crippen LogP contribution in [0.5, 0.6) is 0 Å². The fourth-order valence-electron chi connectivity index (χ4n) is 3.49. The van der Waals surface area contributed by atoms with Crippen molar-refractivity contribution in [3.8, 4) is 0 Å². The van der Waals surface area contributed by atoms with Crippen LogP contribution in [0, 0.1) is 5.41 Å². The summed E-state index contributed by atoms with van der Waals surface area (Å²) in [6.07, 6.45) is 6.62. The zero-order valence-electron chi connectivity index (χ0n) is 11.3. The summed E-state index contributed by atoms with van der Waals surface area (Å²) in [7, 11) is 0. The number of piperidine rings is 1. The average molecular weight is 238 g/mol. The molecular weight excluding hydrogens is 212 g/mol. The number of rotatable bonds is 3. The van der Waals surface area contributed by atoms with Crippen molar-refractivity contribution in [2.75, 3.05) is 19.6 Å². The van der Waals surface area contributed by atoms with Crippen molar-refractivity contribution in [1.82, 2.24) is 10.2 Å². The van der Waals surface area contributed by atoms with Gasteiger partial charge in [0, 0.05) is 12.6 Å². The molecule has 0 aromatic heterocycles. The van der Waals surface area contributed by atoms with E-state index < -0.39 is 0 Å². The van der Waals surface area contributed by atoms with E-state index in [2.05, 4.69) is 24.1 Å². The Kier molecular flexibility index (Phi) is 4.08. The van der Waals surface area contributed by atoms with Gasteiger partial charge in [-0.05, 0) is 52.1 Å². The van der Waals surface area contributed by atoms with E-state index in [1.807, 2.05) is 0 Å². The van der Waals surface area contributed by atoms with Gasteiger partial charge in [-0.2, -0.15) is 0 Å². The highest BCUT2D eigenvalue weighted by atomic mass is 16.2. The molecule has 1 N–H and O–H groups in total. The van der Waals surface area contributed by atoms with Crippen molar-refractivity contribution >= 4 is 5.91 Å². The van der Waals surface area contributed by atoms with Crippen LogP contribution in [0.25, 0.3) is 0 Å². The molecule has 0 aliphatic carbocycles. The fraction of sp³-hybridized carbons (Fsp3) is 0.929. The van der Waals surface area contributed by atoms with Crippen molar-refractivity contribution in [2.24, 2.45) is 5.41 Å².